The number of nitrogens with one attached hydrogen (secondary N) is 3. The summed E-state index contributed by atoms with van der Waals surface area (Å²) in [5.41, 5.74) is -0.811. The van der Waals surface area contributed by atoms with Crippen LogP contribution < -0.4 is 16.0 Å². The predicted octanol–water partition coefficient (Wildman–Crippen LogP) is 5.40. The van der Waals surface area contributed by atoms with E-state index in [0.717, 1.165) is 96.6 Å². The van der Waals surface area contributed by atoms with Gasteiger partial charge in [0.25, 0.3) is 0 Å². The first-order chi connectivity index (χ1) is 25.6. The van der Waals surface area contributed by atoms with Crippen LogP contribution in [0.15, 0.2) is 0 Å². The lowest BCUT2D eigenvalue weighted by Crippen LogP contribution is -2.62. The van der Waals surface area contributed by atoms with E-state index in [1.807, 2.05) is 20.8 Å². The molecule has 302 valence electrons. The summed E-state index contributed by atoms with van der Waals surface area (Å²) >= 11 is 0. The largest absolute Gasteiger partial charge is 0.480 e. The standard InChI is InChI=1S/C43H69N5O6/c1-40(2,3)34(46-35(49)29-17-11-22-47(25-29)30-18-10-19-30)37(51)45-33(28-15-7-6-8-16-28)38(52)48-26-43(41(4,5)42(43)20-12-21-42)24-32(48)36(50)44-31(39(53)54)23-27-13-9-14-27/h27-34H,6-26H2,1-5H3,(H,44,50)(H,45,51)(H,46,49)(H,53,54)/t29-,31+,32-,33?,34?,43?/m0/s1. The minimum Gasteiger partial charge on any atom is -0.480 e. The summed E-state index contributed by atoms with van der Waals surface area (Å²) < 4.78 is 0. The van der Waals surface area contributed by atoms with Gasteiger partial charge in [0.2, 0.25) is 23.6 Å². The van der Waals surface area contributed by atoms with Crippen molar-refractivity contribution >= 4 is 29.6 Å². The van der Waals surface area contributed by atoms with Crippen molar-refractivity contribution in [3.05, 3.63) is 0 Å². The third-order valence-corrected chi connectivity index (χ3v) is 16.3. The second-order valence-corrected chi connectivity index (χ2v) is 20.4. The van der Waals surface area contributed by atoms with Crippen molar-refractivity contribution in [2.45, 2.75) is 180 Å². The van der Waals surface area contributed by atoms with Gasteiger partial charge >= 0.3 is 5.97 Å². The van der Waals surface area contributed by atoms with Crippen LogP contribution in [0.3, 0.4) is 0 Å². The highest BCUT2D eigenvalue weighted by Gasteiger charge is 2.85. The molecule has 0 bridgehead atoms. The highest BCUT2D eigenvalue weighted by Crippen LogP contribution is 2.88. The van der Waals surface area contributed by atoms with Crippen LogP contribution in [0.2, 0.25) is 0 Å². The summed E-state index contributed by atoms with van der Waals surface area (Å²) in [6.07, 6.45) is 17.3. The maximum Gasteiger partial charge on any atom is 0.326 e. The first-order valence-corrected chi connectivity index (χ1v) is 21.8. The van der Waals surface area contributed by atoms with Crippen LogP contribution >= 0.6 is 0 Å². The molecule has 4 N–H and O–H groups in total. The van der Waals surface area contributed by atoms with E-state index in [9.17, 15) is 24.3 Å². The lowest BCUT2D eigenvalue weighted by molar-refractivity contribution is -0.146. The smallest absolute Gasteiger partial charge is 0.326 e. The van der Waals surface area contributed by atoms with Crippen molar-refractivity contribution in [2.24, 2.45) is 39.4 Å². The predicted molar refractivity (Wildman–Crippen MR) is 206 cm³/mol. The molecular formula is C43H69N5O6. The van der Waals surface area contributed by atoms with Crippen molar-refractivity contribution in [2.75, 3.05) is 19.6 Å². The summed E-state index contributed by atoms with van der Waals surface area (Å²) in [4.78, 5) is 74.5. The molecule has 11 heteroatoms. The van der Waals surface area contributed by atoms with Crippen LogP contribution in [-0.2, 0) is 24.0 Å². The molecule has 2 spiro atoms. The molecule has 2 aliphatic heterocycles. The number of nitrogens with zero attached hydrogens (tertiary/aromatic N) is 2. The molecule has 7 rings (SSSR count). The quantitative estimate of drug-likeness (QED) is 0.209. The maximum atomic E-state index is 15.2. The number of amides is 4. The van der Waals surface area contributed by atoms with Crippen LogP contribution in [0.5, 0.6) is 0 Å². The van der Waals surface area contributed by atoms with E-state index < -0.39 is 35.6 Å². The molecule has 4 amide bonds. The Kier molecular flexibility index (Phi) is 11.0. The number of carbonyl (C=O) groups is 5. The zero-order chi connectivity index (χ0) is 38.6. The average molecular weight is 752 g/mol. The van der Waals surface area contributed by atoms with Gasteiger partial charge in [0.15, 0.2) is 0 Å². The third kappa shape index (κ3) is 6.99. The van der Waals surface area contributed by atoms with Crippen LogP contribution in [0.1, 0.15) is 150 Å². The zero-order valence-corrected chi connectivity index (χ0v) is 33.9. The molecule has 0 aromatic carbocycles. The highest BCUT2D eigenvalue weighted by atomic mass is 16.4. The second-order valence-electron chi connectivity index (χ2n) is 20.4. The Labute approximate surface area is 323 Å². The molecule has 6 atom stereocenters. The van der Waals surface area contributed by atoms with E-state index >= 15 is 4.79 Å². The Morgan fingerprint density at radius 3 is 2.00 bits per heavy atom. The van der Waals surface area contributed by atoms with Crippen LogP contribution in [-0.4, -0.2) is 94.3 Å². The lowest BCUT2D eigenvalue weighted by Gasteiger charge is -2.42. The van der Waals surface area contributed by atoms with Gasteiger partial charge in [-0.3, -0.25) is 24.1 Å². The maximum absolute atomic E-state index is 15.2. The molecule has 54 heavy (non-hydrogen) atoms. The van der Waals surface area contributed by atoms with E-state index in [2.05, 4.69) is 34.7 Å². The Bertz CT molecular complexity index is 1460. The fraction of sp³-hybridized carbons (Fsp3) is 0.884. The van der Waals surface area contributed by atoms with E-state index in [1.54, 1.807) is 4.90 Å². The van der Waals surface area contributed by atoms with E-state index in [4.69, 9.17) is 0 Å². The number of hydrogen-bond acceptors (Lipinski definition) is 6. The Balaban J connectivity index is 1.12. The van der Waals surface area contributed by atoms with Crippen LogP contribution in [0.25, 0.3) is 0 Å². The number of likely N-dealkylation sites (tertiary alicyclic amines) is 2. The molecule has 3 unspecified atom stereocenters. The Morgan fingerprint density at radius 1 is 0.778 bits per heavy atom. The van der Waals surface area contributed by atoms with Gasteiger partial charge in [-0.15, -0.1) is 0 Å². The van der Waals surface area contributed by atoms with Gasteiger partial charge in [0.05, 0.1) is 5.92 Å². The molecule has 2 saturated heterocycles. The molecular weight excluding hydrogens is 683 g/mol. The number of carbonyl (C=O) groups excluding carboxylic acids is 4. The molecule has 7 aliphatic rings. The fourth-order valence-corrected chi connectivity index (χ4v) is 12.1. The Hall–Kier alpha value is -2.69. The van der Waals surface area contributed by atoms with Crippen molar-refractivity contribution in [3.63, 3.8) is 0 Å². The number of aliphatic carboxylic acids is 1. The molecule has 0 aromatic heterocycles. The van der Waals surface area contributed by atoms with Crippen molar-refractivity contribution in [3.8, 4) is 0 Å². The van der Waals surface area contributed by atoms with Crippen molar-refractivity contribution in [1.29, 1.82) is 0 Å². The average Bonchev–Trinajstić information content (AvgIpc) is 3.28. The molecule has 0 radical (unpaired) electrons. The summed E-state index contributed by atoms with van der Waals surface area (Å²) in [5, 5.41) is 19.4. The highest BCUT2D eigenvalue weighted by molar-refractivity contribution is 5.96. The first-order valence-electron chi connectivity index (χ1n) is 21.8. The van der Waals surface area contributed by atoms with Crippen LogP contribution in [0, 0.1) is 39.4 Å². The number of piperidine rings is 1. The molecule has 5 aliphatic carbocycles. The number of fused-ring (bicyclic) bond motifs is 1. The summed E-state index contributed by atoms with van der Waals surface area (Å²) in [6, 6.07) is -2.89. The summed E-state index contributed by atoms with van der Waals surface area (Å²) in [6.45, 7) is 12.6. The summed E-state index contributed by atoms with van der Waals surface area (Å²) in [7, 11) is 0. The van der Waals surface area contributed by atoms with Gasteiger partial charge < -0.3 is 26.0 Å². The van der Waals surface area contributed by atoms with E-state index in [0.29, 0.717) is 31.3 Å². The van der Waals surface area contributed by atoms with Gasteiger partial charge in [-0.25, -0.2) is 4.79 Å². The second kappa shape index (κ2) is 15.0. The van der Waals surface area contributed by atoms with Gasteiger partial charge in [0.1, 0.15) is 24.2 Å². The normalized spacial score (nSPS) is 31.4. The minimum atomic E-state index is -1.03. The Morgan fingerprint density at radius 2 is 1.46 bits per heavy atom. The molecule has 11 nitrogen and oxygen atoms in total. The summed E-state index contributed by atoms with van der Waals surface area (Å²) in [5.74, 6) is -2.07. The van der Waals surface area contributed by atoms with Gasteiger partial charge in [-0.2, -0.15) is 0 Å². The van der Waals surface area contributed by atoms with Crippen molar-refractivity contribution in [1.82, 2.24) is 25.8 Å². The zero-order valence-electron chi connectivity index (χ0n) is 33.9. The molecule has 2 heterocycles. The lowest BCUT2D eigenvalue weighted by atomic mass is 9.73. The topological polar surface area (TPSA) is 148 Å². The van der Waals surface area contributed by atoms with Crippen molar-refractivity contribution < 1.29 is 29.1 Å². The molecule has 7 fully saturated rings. The van der Waals surface area contributed by atoms with Crippen LogP contribution in [0.4, 0.5) is 0 Å². The van der Waals surface area contributed by atoms with Gasteiger partial charge in [-0.1, -0.05) is 86.0 Å². The van der Waals surface area contributed by atoms with E-state index in [-0.39, 0.29) is 51.7 Å². The number of hydrogen-bond donors (Lipinski definition) is 4. The van der Waals surface area contributed by atoms with Gasteiger partial charge in [0, 0.05) is 24.5 Å². The molecule has 0 aromatic rings. The van der Waals surface area contributed by atoms with E-state index in [1.165, 1.54) is 19.3 Å². The number of carboxylic acids is 1. The molecule has 5 saturated carbocycles. The first kappa shape index (κ1) is 39.5. The SMILES string of the molecule is CC(C)(C)C(NC(=O)[C@H]1CCCN(C2CCC2)C1)C(=O)NC(C(=O)N1CC2(C[C@H]1C(=O)N[C@H](CC1CCC1)C(=O)O)C(C)(C)C21CCC1)C1CCCCC1. The number of rotatable bonds is 12. The fourth-order valence-electron chi connectivity index (χ4n) is 12.1. The third-order valence-electron chi connectivity index (χ3n) is 16.3. The number of carboxylic acid groups (broad SMARTS) is 1. The monoisotopic (exact) mass is 752 g/mol. The minimum absolute atomic E-state index is 0.0531. The van der Waals surface area contributed by atoms with Gasteiger partial charge in [-0.05, 0) is 98.8 Å².